The van der Waals surface area contributed by atoms with Crippen molar-refractivity contribution in [3.8, 4) is 0 Å². The Morgan fingerprint density at radius 1 is 1.10 bits per heavy atom. The summed E-state index contributed by atoms with van der Waals surface area (Å²) in [6.07, 6.45) is 5.85. The van der Waals surface area contributed by atoms with Crippen molar-refractivity contribution in [2.45, 2.75) is 44.7 Å². The number of carboxylic acids is 2. The van der Waals surface area contributed by atoms with Gasteiger partial charge in [-0.1, -0.05) is 0 Å². The maximum atomic E-state index is 12.0. The molecule has 2 aliphatic rings. The van der Waals surface area contributed by atoms with Crippen molar-refractivity contribution < 1.29 is 24.2 Å². The van der Waals surface area contributed by atoms with Crippen molar-refractivity contribution in [1.82, 2.24) is 9.80 Å². The van der Waals surface area contributed by atoms with E-state index in [0.29, 0.717) is 6.04 Å². The first-order valence-corrected chi connectivity index (χ1v) is 10.2. The van der Waals surface area contributed by atoms with Gasteiger partial charge in [0.15, 0.2) is 0 Å². The molecule has 0 radical (unpaired) electrons. The smallest absolute Gasteiger partial charge is 0.414 e. The van der Waals surface area contributed by atoms with Gasteiger partial charge in [0.1, 0.15) is 5.58 Å². The Bertz CT molecular complexity index is 979. The highest BCUT2D eigenvalue weighted by atomic mass is 16.4. The van der Waals surface area contributed by atoms with Crippen LogP contribution in [0.15, 0.2) is 27.4 Å². The quantitative estimate of drug-likeness (QED) is 0.577. The Morgan fingerprint density at radius 2 is 1.70 bits per heavy atom. The zero-order valence-corrected chi connectivity index (χ0v) is 17.4. The van der Waals surface area contributed by atoms with E-state index in [2.05, 4.69) is 36.0 Å². The SMILES string of the molecule is CN1CCC(N(C)Cc2cc(=O)oc3cc4c(cc23)CCC4)CC1.O=C(O)C(=O)O. The number of hydrogen-bond donors (Lipinski definition) is 2. The second-order valence-corrected chi connectivity index (χ2v) is 8.12. The topological polar surface area (TPSA) is 111 Å². The molecule has 1 saturated heterocycles. The van der Waals surface area contributed by atoms with Crippen molar-refractivity contribution in [2.24, 2.45) is 0 Å². The van der Waals surface area contributed by atoms with Gasteiger partial charge in [-0.3, -0.25) is 4.90 Å². The summed E-state index contributed by atoms with van der Waals surface area (Å²) in [4.78, 5) is 35.0. The van der Waals surface area contributed by atoms with Crippen LogP contribution in [0.25, 0.3) is 11.0 Å². The van der Waals surface area contributed by atoms with Crippen LogP contribution in [-0.2, 0) is 29.0 Å². The van der Waals surface area contributed by atoms with E-state index in [-0.39, 0.29) is 5.63 Å². The van der Waals surface area contributed by atoms with Crippen LogP contribution in [0.3, 0.4) is 0 Å². The number of carboxylic acid groups (broad SMARTS) is 2. The van der Waals surface area contributed by atoms with Crippen molar-refractivity contribution >= 4 is 22.9 Å². The van der Waals surface area contributed by atoms with E-state index in [1.807, 2.05) is 0 Å². The molecular weight excluding hydrogens is 388 g/mol. The van der Waals surface area contributed by atoms with Crippen LogP contribution in [0, 0.1) is 0 Å². The van der Waals surface area contributed by atoms with Gasteiger partial charge in [-0.2, -0.15) is 0 Å². The van der Waals surface area contributed by atoms with Gasteiger partial charge in [0, 0.05) is 24.0 Å². The van der Waals surface area contributed by atoms with Crippen LogP contribution < -0.4 is 5.63 Å². The Hall–Kier alpha value is -2.71. The summed E-state index contributed by atoms with van der Waals surface area (Å²) in [7, 11) is 4.37. The van der Waals surface area contributed by atoms with Gasteiger partial charge in [0.2, 0.25) is 0 Å². The first kappa shape index (κ1) is 22.0. The number of fused-ring (bicyclic) bond motifs is 2. The van der Waals surface area contributed by atoms with E-state index in [4.69, 9.17) is 24.2 Å². The number of nitrogens with zero attached hydrogens (tertiary/aromatic N) is 2. The summed E-state index contributed by atoms with van der Waals surface area (Å²) in [6.45, 7) is 3.12. The van der Waals surface area contributed by atoms with Gasteiger partial charge in [0.05, 0.1) is 0 Å². The van der Waals surface area contributed by atoms with E-state index >= 15 is 0 Å². The molecule has 1 aliphatic heterocycles. The van der Waals surface area contributed by atoms with E-state index in [0.717, 1.165) is 49.0 Å². The number of carbonyl (C=O) groups is 2. The third-order valence-electron chi connectivity index (χ3n) is 5.96. The summed E-state index contributed by atoms with van der Waals surface area (Å²) in [5, 5.41) is 15.9. The molecule has 2 aromatic rings. The third-order valence-corrected chi connectivity index (χ3v) is 5.96. The number of aryl methyl sites for hydroxylation is 2. The Kier molecular flexibility index (Phi) is 6.89. The minimum Gasteiger partial charge on any atom is -0.473 e. The molecule has 2 N–H and O–H groups in total. The number of likely N-dealkylation sites (tertiary alicyclic amines) is 1. The highest BCUT2D eigenvalue weighted by molar-refractivity contribution is 6.27. The van der Waals surface area contributed by atoms with Gasteiger partial charge >= 0.3 is 17.6 Å². The van der Waals surface area contributed by atoms with Crippen LogP contribution in [0.1, 0.15) is 36.0 Å². The normalized spacial score (nSPS) is 16.9. The molecule has 8 nitrogen and oxygen atoms in total. The molecule has 1 aromatic heterocycles. The Morgan fingerprint density at radius 3 is 2.30 bits per heavy atom. The fourth-order valence-electron chi connectivity index (χ4n) is 4.26. The van der Waals surface area contributed by atoms with Crippen molar-refractivity contribution in [1.29, 1.82) is 0 Å². The molecule has 0 atom stereocenters. The molecule has 0 spiro atoms. The number of benzene rings is 1. The van der Waals surface area contributed by atoms with Gasteiger partial charge in [-0.15, -0.1) is 0 Å². The van der Waals surface area contributed by atoms with Gasteiger partial charge in [-0.25, -0.2) is 14.4 Å². The van der Waals surface area contributed by atoms with Gasteiger partial charge in [-0.05, 0) is 88.1 Å². The number of rotatable bonds is 3. The number of aliphatic carboxylic acids is 2. The highest BCUT2D eigenvalue weighted by Gasteiger charge is 2.22. The fourth-order valence-corrected chi connectivity index (χ4v) is 4.26. The van der Waals surface area contributed by atoms with E-state index in [9.17, 15) is 4.79 Å². The second kappa shape index (κ2) is 9.40. The predicted octanol–water partition coefficient (Wildman–Crippen LogP) is 1.96. The molecule has 2 heterocycles. The molecule has 0 bridgehead atoms. The summed E-state index contributed by atoms with van der Waals surface area (Å²) in [6, 6.07) is 6.64. The summed E-state index contributed by atoms with van der Waals surface area (Å²) in [5.74, 6) is -3.65. The van der Waals surface area contributed by atoms with Crippen LogP contribution in [0.2, 0.25) is 0 Å². The molecule has 4 rings (SSSR count). The van der Waals surface area contributed by atoms with E-state index < -0.39 is 11.9 Å². The first-order chi connectivity index (χ1) is 14.2. The lowest BCUT2D eigenvalue weighted by atomic mass is 10.0. The molecular formula is C22H28N2O6. The Labute approximate surface area is 174 Å². The average Bonchev–Trinajstić information content (AvgIpc) is 3.14. The van der Waals surface area contributed by atoms with Crippen molar-refractivity contribution in [3.63, 3.8) is 0 Å². The molecule has 1 aromatic carbocycles. The molecule has 1 aliphatic carbocycles. The van der Waals surface area contributed by atoms with E-state index in [1.54, 1.807) is 6.07 Å². The minimum absolute atomic E-state index is 0.229. The predicted molar refractivity (Wildman–Crippen MR) is 112 cm³/mol. The van der Waals surface area contributed by atoms with E-state index in [1.165, 1.54) is 30.4 Å². The Balaban J connectivity index is 0.000000377. The van der Waals surface area contributed by atoms with Crippen LogP contribution in [0.5, 0.6) is 0 Å². The summed E-state index contributed by atoms with van der Waals surface area (Å²) < 4.78 is 5.49. The molecule has 30 heavy (non-hydrogen) atoms. The maximum Gasteiger partial charge on any atom is 0.414 e. The number of hydrogen-bond acceptors (Lipinski definition) is 6. The third kappa shape index (κ3) is 5.25. The monoisotopic (exact) mass is 416 g/mol. The molecule has 0 amide bonds. The summed E-state index contributed by atoms with van der Waals surface area (Å²) >= 11 is 0. The minimum atomic E-state index is -1.82. The van der Waals surface area contributed by atoms with Crippen LogP contribution >= 0.6 is 0 Å². The van der Waals surface area contributed by atoms with Gasteiger partial charge < -0.3 is 19.5 Å². The lowest BCUT2D eigenvalue weighted by molar-refractivity contribution is -0.159. The van der Waals surface area contributed by atoms with Crippen molar-refractivity contribution in [2.75, 3.05) is 27.2 Å². The largest absolute Gasteiger partial charge is 0.473 e. The average molecular weight is 416 g/mol. The summed E-state index contributed by atoms with van der Waals surface area (Å²) in [5.41, 5.74) is 4.42. The second-order valence-electron chi connectivity index (χ2n) is 8.12. The lowest BCUT2D eigenvalue weighted by Gasteiger charge is -2.35. The van der Waals surface area contributed by atoms with Gasteiger partial charge in [0.25, 0.3) is 0 Å². The highest BCUT2D eigenvalue weighted by Crippen LogP contribution is 2.29. The standard InChI is InChI=1S/C20H26N2O2.C2H2O4/c1-21-8-6-17(7-9-21)22(2)13-16-12-20(23)24-19-11-15-5-3-4-14(15)10-18(16)19;3-1(4)2(5)6/h10-12,17H,3-9,13H2,1-2H3;(H,3,4)(H,5,6). The zero-order valence-electron chi connectivity index (χ0n) is 17.4. The first-order valence-electron chi connectivity index (χ1n) is 10.2. The molecule has 8 heteroatoms. The molecule has 0 unspecified atom stereocenters. The van der Waals surface area contributed by atoms with Crippen LogP contribution in [0.4, 0.5) is 0 Å². The van der Waals surface area contributed by atoms with Crippen LogP contribution in [-0.4, -0.2) is 65.2 Å². The zero-order chi connectivity index (χ0) is 21.8. The number of piperidine rings is 1. The van der Waals surface area contributed by atoms with Crippen molar-refractivity contribution in [3.05, 3.63) is 45.3 Å². The maximum absolute atomic E-state index is 12.0. The lowest BCUT2D eigenvalue weighted by Crippen LogP contribution is -2.41. The fraction of sp³-hybridized carbons (Fsp3) is 0.500. The molecule has 0 saturated carbocycles. The molecule has 162 valence electrons. The molecule has 1 fully saturated rings.